The van der Waals surface area contributed by atoms with Gasteiger partial charge in [0, 0.05) is 39.3 Å². The summed E-state index contributed by atoms with van der Waals surface area (Å²) in [4.78, 5) is 23.1. The van der Waals surface area contributed by atoms with Crippen LogP contribution in [0.4, 0.5) is 4.79 Å². The maximum Gasteiger partial charge on any atom is 0.317 e. The van der Waals surface area contributed by atoms with E-state index in [1.165, 1.54) is 0 Å². The molecule has 2 N–H and O–H groups in total. The lowest BCUT2D eigenvalue weighted by atomic mass is 9.88. The van der Waals surface area contributed by atoms with Gasteiger partial charge in [-0.2, -0.15) is 0 Å². The van der Waals surface area contributed by atoms with E-state index < -0.39 is 5.60 Å². The van der Waals surface area contributed by atoms with Gasteiger partial charge in [0.2, 0.25) is 0 Å². The molecule has 3 heterocycles. The Morgan fingerprint density at radius 1 is 1.18 bits per heavy atom. The van der Waals surface area contributed by atoms with Crippen LogP contribution in [-0.2, 0) is 19.1 Å². The van der Waals surface area contributed by atoms with E-state index >= 15 is 0 Å². The molecule has 0 atom stereocenters. The molecular weight excluding hydrogens is 354 g/mol. The second kappa shape index (κ2) is 7.59. The van der Waals surface area contributed by atoms with Crippen molar-refractivity contribution >= 4 is 17.1 Å². The van der Waals surface area contributed by atoms with E-state index in [-0.39, 0.29) is 6.03 Å². The first-order valence-corrected chi connectivity index (χ1v) is 9.64. The highest BCUT2D eigenvalue weighted by atomic mass is 16.3. The third-order valence-corrected chi connectivity index (χ3v) is 5.52. The number of hydrogen-bond donors (Lipinski definition) is 2. The number of imidazole rings is 1. The van der Waals surface area contributed by atoms with E-state index in [2.05, 4.69) is 19.9 Å². The minimum absolute atomic E-state index is 0.0955. The molecule has 0 bridgehead atoms. The number of carbonyl (C=O) groups is 1. The van der Waals surface area contributed by atoms with E-state index in [1.54, 1.807) is 11.1 Å². The molecular formula is C21H25N5O2. The average Bonchev–Trinajstić information content (AvgIpc) is 3.05. The molecule has 1 fully saturated rings. The first-order valence-electron chi connectivity index (χ1n) is 9.64. The summed E-state index contributed by atoms with van der Waals surface area (Å²) in [6.07, 6.45) is 3.33. The van der Waals surface area contributed by atoms with Crippen LogP contribution in [0.3, 0.4) is 0 Å². The number of nitrogens with one attached hydrogen (secondary N) is 1. The van der Waals surface area contributed by atoms with Crippen molar-refractivity contribution in [3.05, 3.63) is 60.2 Å². The van der Waals surface area contributed by atoms with Crippen LogP contribution in [0.5, 0.6) is 0 Å². The molecule has 2 aromatic heterocycles. The van der Waals surface area contributed by atoms with Gasteiger partial charge in [0.1, 0.15) is 11.4 Å². The lowest BCUT2D eigenvalue weighted by Crippen LogP contribution is -2.49. The second-order valence-corrected chi connectivity index (χ2v) is 7.29. The fourth-order valence-corrected chi connectivity index (χ4v) is 3.79. The lowest BCUT2D eigenvalue weighted by Gasteiger charge is -2.37. The number of pyridine rings is 1. The van der Waals surface area contributed by atoms with Gasteiger partial charge in [-0.05, 0) is 37.1 Å². The molecule has 0 saturated carbocycles. The number of nitrogens with zero attached hydrogens (tertiary/aromatic N) is 4. The van der Waals surface area contributed by atoms with E-state index in [1.807, 2.05) is 49.5 Å². The summed E-state index contributed by atoms with van der Waals surface area (Å²) in [5.41, 5.74) is 1.78. The van der Waals surface area contributed by atoms with Crippen molar-refractivity contribution in [3.63, 3.8) is 0 Å². The number of hydrogen-bond acceptors (Lipinski definition) is 4. The molecule has 1 saturated heterocycles. The van der Waals surface area contributed by atoms with Crippen LogP contribution in [0.1, 0.15) is 24.4 Å². The quantitative estimate of drug-likeness (QED) is 0.728. The zero-order chi connectivity index (χ0) is 19.6. The number of aromatic nitrogens is 3. The molecule has 28 heavy (non-hydrogen) atoms. The third-order valence-electron chi connectivity index (χ3n) is 5.52. The first kappa shape index (κ1) is 18.4. The molecule has 0 unspecified atom stereocenters. The van der Waals surface area contributed by atoms with Crippen LogP contribution >= 0.6 is 0 Å². The van der Waals surface area contributed by atoms with Crippen molar-refractivity contribution < 1.29 is 9.90 Å². The summed E-state index contributed by atoms with van der Waals surface area (Å²) >= 11 is 0. The van der Waals surface area contributed by atoms with E-state index in [0.29, 0.717) is 44.6 Å². The summed E-state index contributed by atoms with van der Waals surface area (Å²) in [5, 5.41) is 13.8. The molecule has 1 aromatic carbocycles. The van der Waals surface area contributed by atoms with Gasteiger partial charge in [0.15, 0.2) is 0 Å². The Hall–Kier alpha value is -2.93. The van der Waals surface area contributed by atoms with E-state index in [9.17, 15) is 9.90 Å². The highest BCUT2D eigenvalue weighted by Crippen LogP contribution is 2.31. The molecule has 4 rings (SSSR count). The average molecular weight is 379 g/mol. The molecule has 0 spiro atoms. The normalized spacial score (nSPS) is 16.3. The van der Waals surface area contributed by atoms with Crippen LogP contribution < -0.4 is 5.32 Å². The third kappa shape index (κ3) is 3.57. The Balaban J connectivity index is 1.30. The fraction of sp³-hybridized carbons (Fsp3) is 0.381. The SMILES string of the molecule is Cn1c(CCNC(=O)N2CCC(O)(c3ccccn3)CC2)nc2ccccc21. The molecule has 0 aliphatic carbocycles. The number of aryl methyl sites for hydroxylation is 1. The highest BCUT2D eigenvalue weighted by molar-refractivity contribution is 5.76. The molecule has 146 valence electrons. The Morgan fingerprint density at radius 3 is 2.64 bits per heavy atom. The number of aliphatic hydroxyl groups is 1. The maximum atomic E-state index is 12.5. The van der Waals surface area contributed by atoms with Crippen LogP contribution in [0, 0.1) is 0 Å². The summed E-state index contributed by atoms with van der Waals surface area (Å²) in [5.74, 6) is 0.949. The molecule has 7 heteroatoms. The lowest BCUT2D eigenvalue weighted by molar-refractivity contribution is -0.0203. The van der Waals surface area contributed by atoms with Crippen LogP contribution in [-0.4, -0.2) is 50.2 Å². The smallest absolute Gasteiger partial charge is 0.317 e. The number of urea groups is 1. The summed E-state index contributed by atoms with van der Waals surface area (Å²) in [7, 11) is 2.00. The Kier molecular flexibility index (Phi) is 5.00. The largest absolute Gasteiger partial charge is 0.383 e. The van der Waals surface area contributed by atoms with Crippen molar-refractivity contribution in [2.75, 3.05) is 19.6 Å². The zero-order valence-electron chi connectivity index (χ0n) is 16.0. The Morgan fingerprint density at radius 2 is 1.93 bits per heavy atom. The molecule has 7 nitrogen and oxygen atoms in total. The van der Waals surface area contributed by atoms with Crippen LogP contribution in [0.25, 0.3) is 11.0 Å². The molecule has 3 aromatic rings. The fourth-order valence-electron chi connectivity index (χ4n) is 3.79. The van der Waals surface area contributed by atoms with Crippen molar-refractivity contribution in [2.45, 2.75) is 24.9 Å². The van der Waals surface area contributed by atoms with Gasteiger partial charge < -0.3 is 19.9 Å². The van der Waals surface area contributed by atoms with Gasteiger partial charge in [0.05, 0.1) is 16.7 Å². The molecule has 1 aliphatic rings. The van der Waals surface area contributed by atoms with Crippen molar-refractivity contribution in [3.8, 4) is 0 Å². The second-order valence-electron chi connectivity index (χ2n) is 7.29. The summed E-state index contributed by atoms with van der Waals surface area (Å²) < 4.78 is 2.06. The summed E-state index contributed by atoms with van der Waals surface area (Å²) in [6, 6.07) is 13.5. The van der Waals surface area contributed by atoms with Gasteiger partial charge in [-0.25, -0.2) is 9.78 Å². The minimum Gasteiger partial charge on any atom is -0.383 e. The molecule has 0 radical (unpaired) electrons. The number of rotatable bonds is 4. The van der Waals surface area contributed by atoms with Gasteiger partial charge >= 0.3 is 6.03 Å². The number of likely N-dealkylation sites (tertiary alicyclic amines) is 1. The topological polar surface area (TPSA) is 83.3 Å². The van der Waals surface area contributed by atoms with E-state index in [4.69, 9.17) is 0 Å². The highest BCUT2D eigenvalue weighted by Gasteiger charge is 2.36. The number of carbonyl (C=O) groups excluding carboxylic acids is 1. The number of fused-ring (bicyclic) bond motifs is 1. The Labute approximate surface area is 164 Å². The number of para-hydroxylation sites is 2. The predicted octanol–water partition coefficient (Wildman–Crippen LogP) is 2.20. The van der Waals surface area contributed by atoms with E-state index in [0.717, 1.165) is 16.9 Å². The Bertz CT molecular complexity index is 961. The van der Waals surface area contributed by atoms with Gasteiger partial charge in [-0.1, -0.05) is 18.2 Å². The number of benzene rings is 1. The first-order chi connectivity index (χ1) is 13.6. The maximum absolute atomic E-state index is 12.5. The van der Waals surface area contributed by atoms with Crippen molar-refractivity contribution in [2.24, 2.45) is 7.05 Å². The summed E-state index contributed by atoms with van der Waals surface area (Å²) in [6.45, 7) is 1.54. The molecule has 1 aliphatic heterocycles. The van der Waals surface area contributed by atoms with Gasteiger partial charge in [-0.3, -0.25) is 4.98 Å². The minimum atomic E-state index is -0.953. The van der Waals surface area contributed by atoms with Crippen molar-refractivity contribution in [1.29, 1.82) is 0 Å². The molecule has 2 amide bonds. The van der Waals surface area contributed by atoms with Crippen LogP contribution in [0.2, 0.25) is 0 Å². The van der Waals surface area contributed by atoms with Gasteiger partial charge in [-0.15, -0.1) is 0 Å². The predicted molar refractivity (Wildman–Crippen MR) is 107 cm³/mol. The van der Waals surface area contributed by atoms with Crippen molar-refractivity contribution in [1.82, 2.24) is 24.8 Å². The number of amides is 2. The monoisotopic (exact) mass is 379 g/mol. The van der Waals surface area contributed by atoms with Crippen LogP contribution in [0.15, 0.2) is 48.7 Å². The number of piperidine rings is 1. The van der Waals surface area contributed by atoms with Gasteiger partial charge in [0.25, 0.3) is 0 Å². The standard InChI is InChI=1S/C21H25N5O2/c1-25-17-7-3-2-6-16(17)24-19(25)9-13-23-20(27)26-14-10-21(28,11-15-26)18-8-4-5-12-22-18/h2-8,12,28H,9-11,13-15H2,1H3,(H,23,27). The zero-order valence-corrected chi connectivity index (χ0v) is 16.0.